The summed E-state index contributed by atoms with van der Waals surface area (Å²) in [5, 5.41) is 4.78. The second-order valence-electron chi connectivity index (χ2n) is 8.23. The maximum absolute atomic E-state index is 13.6. The Morgan fingerprint density at radius 1 is 1.21 bits per heavy atom. The summed E-state index contributed by atoms with van der Waals surface area (Å²) in [6.45, 7) is 3.47. The minimum atomic E-state index is -0.328. The molecule has 8 heteroatoms. The van der Waals surface area contributed by atoms with Crippen molar-refractivity contribution in [2.24, 2.45) is 0 Å². The lowest BCUT2D eigenvalue weighted by Gasteiger charge is -2.26. The number of hydrogen-bond acceptors (Lipinski definition) is 5. The molecule has 2 aromatic carbocycles. The van der Waals surface area contributed by atoms with Crippen LogP contribution in [-0.4, -0.2) is 53.6 Å². The quantitative estimate of drug-likeness (QED) is 0.439. The molecule has 1 aliphatic rings. The largest absolute Gasteiger partial charge is 0.439 e. The van der Waals surface area contributed by atoms with Crippen molar-refractivity contribution in [3.8, 4) is 17.3 Å². The van der Waals surface area contributed by atoms with Crippen LogP contribution in [0.25, 0.3) is 5.69 Å². The van der Waals surface area contributed by atoms with Gasteiger partial charge in [0, 0.05) is 20.3 Å². The number of rotatable bonds is 10. The lowest BCUT2D eigenvalue weighted by atomic mass is 10.1. The van der Waals surface area contributed by atoms with Gasteiger partial charge in [-0.3, -0.25) is 4.79 Å². The van der Waals surface area contributed by atoms with E-state index < -0.39 is 0 Å². The van der Waals surface area contributed by atoms with E-state index in [9.17, 15) is 9.18 Å². The lowest BCUT2D eigenvalue weighted by molar-refractivity contribution is -0.137. The van der Waals surface area contributed by atoms with Crippen LogP contribution >= 0.6 is 0 Å². The third-order valence-electron chi connectivity index (χ3n) is 5.80. The van der Waals surface area contributed by atoms with E-state index in [-0.39, 0.29) is 24.4 Å². The van der Waals surface area contributed by atoms with E-state index >= 15 is 0 Å². The zero-order valence-corrected chi connectivity index (χ0v) is 19.6. The monoisotopic (exact) mass is 467 g/mol. The van der Waals surface area contributed by atoms with Gasteiger partial charge in [0.1, 0.15) is 18.2 Å². The number of hydrogen-bond donors (Lipinski definition) is 0. The molecule has 1 saturated heterocycles. The molecule has 1 aromatic heterocycles. The summed E-state index contributed by atoms with van der Waals surface area (Å²) in [5.41, 5.74) is 2.28. The predicted molar refractivity (Wildman–Crippen MR) is 126 cm³/mol. The third kappa shape index (κ3) is 5.63. The van der Waals surface area contributed by atoms with Crippen LogP contribution in [0.2, 0.25) is 0 Å². The van der Waals surface area contributed by atoms with Crippen molar-refractivity contribution in [3.63, 3.8) is 0 Å². The molecule has 0 aliphatic carbocycles. The van der Waals surface area contributed by atoms with E-state index in [0.29, 0.717) is 43.4 Å². The van der Waals surface area contributed by atoms with Crippen molar-refractivity contribution in [2.45, 2.75) is 38.8 Å². The number of amides is 1. The summed E-state index contributed by atoms with van der Waals surface area (Å²) >= 11 is 0. The highest BCUT2D eigenvalue weighted by Crippen LogP contribution is 2.32. The van der Waals surface area contributed by atoms with Crippen LogP contribution in [0, 0.1) is 5.82 Å². The maximum Gasteiger partial charge on any atom is 0.248 e. The molecule has 4 rings (SSSR count). The van der Waals surface area contributed by atoms with Gasteiger partial charge >= 0.3 is 0 Å². The predicted octanol–water partition coefficient (Wildman–Crippen LogP) is 4.52. The Labute approximate surface area is 199 Å². The minimum absolute atomic E-state index is 0.00322. The molecule has 0 spiro atoms. The molecule has 3 aromatic rings. The summed E-state index contributed by atoms with van der Waals surface area (Å²) < 4.78 is 32.5. The Morgan fingerprint density at radius 2 is 1.97 bits per heavy atom. The fraction of sp³-hybridized carbons (Fsp3) is 0.385. The molecular formula is C26H30FN3O4. The van der Waals surface area contributed by atoms with Crippen molar-refractivity contribution < 1.29 is 23.4 Å². The number of halogens is 1. The van der Waals surface area contributed by atoms with Gasteiger partial charge in [0.05, 0.1) is 29.6 Å². The second kappa shape index (κ2) is 11.3. The number of methoxy groups -OCH3 is 1. The van der Waals surface area contributed by atoms with Crippen molar-refractivity contribution in [3.05, 3.63) is 71.7 Å². The average Bonchev–Trinajstić information content (AvgIpc) is 3.48. The number of nitrogens with zero attached hydrogens (tertiary/aromatic N) is 3. The molecule has 180 valence electrons. The van der Waals surface area contributed by atoms with Gasteiger partial charge < -0.3 is 19.1 Å². The summed E-state index contributed by atoms with van der Waals surface area (Å²) in [6, 6.07) is 15.5. The highest BCUT2D eigenvalue weighted by Gasteiger charge is 2.27. The number of aromatic nitrogens is 2. The highest BCUT2D eigenvalue weighted by atomic mass is 19.1. The average molecular weight is 468 g/mol. The van der Waals surface area contributed by atoms with E-state index in [2.05, 4.69) is 0 Å². The summed E-state index contributed by atoms with van der Waals surface area (Å²) in [4.78, 5) is 14.7. The highest BCUT2D eigenvalue weighted by molar-refractivity contribution is 5.77. The molecule has 34 heavy (non-hydrogen) atoms. The molecule has 0 bridgehead atoms. The number of para-hydroxylation sites is 1. The first-order valence-corrected chi connectivity index (χ1v) is 11.6. The fourth-order valence-electron chi connectivity index (χ4n) is 4.08. The van der Waals surface area contributed by atoms with Gasteiger partial charge in [0.15, 0.2) is 0 Å². The number of carbonyl (C=O) groups is 1. The maximum atomic E-state index is 13.6. The lowest BCUT2D eigenvalue weighted by Crippen LogP contribution is -2.39. The van der Waals surface area contributed by atoms with E-state index in [1.807, 2.05) is 37.3 Å². The van der Waals surface area contributed by atoms with Crippen LogP contribution in [0.5, 0.6) is 11.6 Å². The number of ether oxygens (including phenoxy) is 3. The van der Waals surface area contributed by atoms with Gasteiger partial charge in [-0.25, -0.2) is 9.07 Å². The fourth-order valence-corrected chi connectivity index (χ4v) is 4.08. The van der Waals surface area contributed by atoms with E-state index in [1.165, 1.54) is 19.2 Å². The van der Waals surface area contributed by atoms with Crippen LogP contribution in [-0.2, 0) is 27.2 Å². The first-order chi connectivity index (χ1) is 16.6. The van der Waals surface area contributed by atoms with Crippen LogP contribution < -0.4 is 4.74 Å². The standard InChI is InChI=1S/C26H30FN3O4/c1-3-24-23(17-29(25(31)18-32-2)16-22-10-7-15-33-22)26(34-21-8-5-4-6-9-21)30(28-24)20-13-11-19(27)12-14-20/h4-6,8-9,11-14,22H,3,7,10,15-18H2,1-2H3/t22-/m1/s1. The number of carbonyl (C=O) groups excluding carboxylic acids is 1. The van der Waals surface area contributed by atoms with Crippen LogP contribution in [0.4, 0.5) is 4.39 Å². The summed E-state index contributed by atoms with van der Waals surface area (Å²) in [6.07, 6.45) is 2.54. The molecule has 1 amide bonds. The SMILES string of the molecule is CCc1nn(-c2ccc(F)cc2)c(Oc2ccccc2)c1CN(C[C@H]1CCCO1)C(=O)COC. The van der Waals surface area contributed by atoms with Crippen LogP contribution in [0.1, 0.15) is 31.0 Å². The molecule has 7 nitrogen and oxygen atoms in total. The van der Waals surface area contributed by atoms with Crippen molar-refractivity contribution in [2.75, 3.05) is 26.9 Å². The first kappa shape index (κ1) is 23.9. The van der Waals surface area contributed by atoms with Gasteiger partial charge in [-0.05, 0) is 55.7 Å². The Hall–Kier alpha value is -3.23. The molecule has 2 heterocycles. The molecular weight excluding hydrogens is 437 g/mol. The Bertz CT molecular complexity index is 1080. The summed E-state index contributed by atoms with van der Waals surface area (Å²) in [5.74, 6) is 0.686. The van der Waals surface area contributed by atoms with Crippen molar-refractivity contribution >= 4 is 5.91 Å². The Balaban J connectivity index is 1.75. The molecule has 0 N–H and O–H groups in total. The molecule has 1 fully saturated rings. The number of benzene rings is 2. The van der Waals surface area contributed by atoms with Gasteiger partial charge in [-0.2, -0.15) is 5.10 Å². The smallest absolute Gasteiger partial charge is 0.248 e. The first-order valence-electron chi connectivity index (χ1n) is 11.6. The van der Waals surface area contributed by atoms with E-state index in [0.717, 1.165) is 24.1 Å². The van der Waals surface area contributed by atoms with E-state index in [1.54, 1.807) is 21.7 Å². The minimum Gasteiger partial charge on any atom is -0.439 e. The topological polar surface area (TPSA) is 65.8 Å². The Morgan fingerprint density at radius 3 is 2.62 bits per heavy atom. The summed E-state index contributed by atoms with van der Waals surface area (Å²) in [7, 11) is 1.51. The van der Waals surface area contributed by atoms with Crippen molar-refractivity contribution in [1.29, 1.82) is 0 Å². The van der Waals surface area contributed by atoms with Crippen molar-refractivity contribution in [1.82, 2.24) is 14.7 Å². The molecule has 0 saturated carbocycles. The molecule has 0 radical (unpaired) electrons. The number of aryl methyl sites for hydroxylation is 1. The van der Waals surface area contributed by atoms with Gasteiger partial charge in [-0.15, -0.1) is 0 Å². The molecule has 0 unspecified atom stereocenters. The molecule has 1 aliphatic heterocycles. The molecule has 1 atom stereocenters. The zero-order valence-electron chi connectivity index (χ0n) is 19.6. The van der Waals surface area contributed by atoms with Gasteiger partial charge in [0.25, 0.3) is 0 Å². The van der Waals surface area contributed by atoms with Gasteiger partial charge in [0.2, 0.25) is 11.8 Å². The Kier molecular flexibility index (Phi) is 7.92. The van der Waals surface area contributed by atoms with E-state index in [4.69, 9.17) is 19.3 Å². The van der Waals surface area contributed by atoms with Crippen LogP contribution in [0.15, 0.2) is 54.6 Å². The van der Waals surface area contributed by atoms with Crippen LogP contribution in [0.3, 0.4) is 0 Å². The van der Waals surface area contributed by atoms with Gasteiger partial charge in [-0.1, -0.05) is 25.1 Å². The third-order valence-corrected chi connectivity index (χ3v) is 5.80. The zero-order chi connectivity index (χ0) is 23.9. The second-order valence-corrected chi connectivity index (χ2v) is 8.23. The normalized spacial score (nSPS) is 15.4.